The lowest BCUT2D eigenvalue weighted by Crippen LogP contribution is -2.56. The molecule has 1 N–H and O–H groups in total. The second kappa shape index (κ2) is 7.17. The molecule has 2 atom stereocenters. The standard InChI is InChI=1S/C18H22ClN3O2S/c19-12-4-5-15-14(9-12)20-18(24)16(25-15)10-17(23)22-8-7-21-6-2-1-3-13(21)11-22/h4-5,9,13,16H,1-3,6-8,10-11H2,(H,20,24). The van der Waals surface area contributed by atoms with Gasteiger partial charge in [-0.3, -0.25) is 14.5 Å². The van der Waals surface area contributed by atoms with Gasteiger partial charge in [0.2, 0.25) is 11.8 Å². The summed E-state index contributed by atoms with van der Waals surface area (Å²) in [6.45, 7) is 3.71. The lowest BCUT2D eigenvalue weighted by atomic mass is 9.99. The molecule has 2 saturated heterocycles. The zero-order valence-corrected chi connectivity index (χ0v) is 15.6. The van der Waals surface area contributed by atoms with Gasteiger partial charge >= 0.3 is 0 Å². The first-order chi connectivity index (χ1) is 12.1. The zero-order chi connectivity index (χ0) is 17.4. The molecule has 7 heteroatoms. The number of rotatable bonds is 2. The van der Waals surface area contributed by atoms with Crippen molar-refractivity contribution in [2.75, 3.05) is 31.5 Å². The quantitative estimate of drug-likeness (QED) is 0.858. The van der Waals surface area contributed by atoms with E-state index in [1.807, 2.05) is 17.0 Å². The number of nitrogens with zero attached hydrogens (tertiary/aromatic N) is 2. The van der Waals surface area contributed by atoms with Gasteiger partial charge in [0.25, 0.3) is 0 Å². The van der Waals surface area contributed by atoms with Crippen molar-refractivity contribution in [1.29, 1.82) is 0 Å². The Hall–Kier alpha value is -1.24. The van der Waals surface area contributed by atoms with Crippen LogP contribution in [0, 0.1) is 0 Å². The number of anilines is 1. The molecule has 25 heavy (non-hydrogen) atoms. The van der Waals surface area contributed by atoms with Crippen molar-refractivity contribution in [3.05, 3.63) is 23.2 Å². The fourth-order valence-electron chi connectivity index (χ4n) is 3.93. The highest BCUT2D eigenvalue weighted by Crippen LogP contribution is 2.38. The topological polar surface area (TPSA) is 52.7 Å². The zero-order valence-electron chi connectivity index (χ0n) is 14.0. The summed E-state index contributed by atoms with van der Waals surface area (Å²) in [6.07, 6.45) is 3.96. The number of carbonyl (C=O) groups excluding carboxylic acids is 2. The summed E-state index contributed by atoms with van der Waals surface area (Å²) >= 11 is 7.44. The molecule has 1 aromatic rings. The van der Waals surface area contributed by atoms with E-state index in [4.69, 9.17) is 11.6 Å². The second-order valence-electron chi connectivity index (χ2n) is 6.97. The molecule has 2 amide bonds. The number of fused-ring (bicyclic) bond motifs is 2. The highest BCUT2D eigenvalue weighted by molar-refractivity contribution is 8.01. The molecular weight excluding hydrogens is 358 g/mol. The first kappa shape index (κ1) is 17.2. The number of thioether (sulfide) groups is 1. The fraction of sp³-hybridized carbons (Fsp3) is 0.556. The first-order valence-electron chi connectivity index (χ1n) is 8.89. The fourth-order valence-corrected chi connectivity index (χ4v) is 5.18. The van der Waals surface area contributed by atoms with E-state index in [2.05, 4.69) is 10.2 Å². The molecule has 0 bridgehead atoms. The van der Waals surface area contributed by atoms with Crippen molar-refractivity contribution >= 4 is 40.9 Å². The maximum absolute atomic E-state index is 12.7. The van der Waals surface area contributed by atoms with E-state index in [0.29, 0.717) is 11.1 Å². The Morgan fingerprint density at radius 2 is 2.16 bits per heavy atom. The van der Waals surface area contributed by atoms with Crippen molar-refractivity contribution in [1.82, 2.24) is 9.80 Å². The number of benzene rings is 1. The lowest BCUT2D eigenvalue weighted by Gasteiger charge is -2.44. The third-order valence-corrected chi connectivity index (χ3v) is 6.82. The van der Waals surface area contributed by atoms with Crippen LogP contribution in [0.1, 0.15) is 25.7 Å². The number of hydrogen-bond donors (Lipinski definition) is 1. The Morgan fingerprint density at radius 3 is 3.04 bits per heavy atom. The SMILES string of the molecule is O=C1Nc2cc(Cl)ccc2SC1CC(=O)N1CCN2CCCCC2C1. The Balaban J connectivity index is 1.39. The first-order valence-corrected chi connectivity index (χ1v) is 10.1. The number of amides is 2. The van der Waals surface area contributed by atoms with E-state index in [0.717, 1.165) is 36.8 Å². The average molecular weight is 380 g/mol. The van der Waals surface area contributed by atoms with Crippen LogP contribution in [0.2, 0.25) is 5.02 Å². The molecule has 134 valence electrons. The van der Waals surface area contributed by atoms with E-state index in [1.165, 1.54) is 31.0 Å². The number of piperazine rings is 1. The van der Waals surface area contributed by atoms with Crippen LogP contribution < -0.4 is 5.32 Å². The summed E-state index contributed by atoms with van der Waals surface area (Å²) in [5.41, 5.74) is 0.738. The van der Waals surface area contributed by atoms with E-state index < -0.39 is 0 Å². The van der Waals surface area contributed by atoms with Crippen molar-refractivity contribution < 1.29 is 9.59 Å². The maximum Gasteiger partial charge on any atom is 0.238 e. The molecule has 0 saturated carbocycles. The largest absolute Gasteiger partial charge is 0.340 e. The predicted molar refractivity (Wildman–Crippen MR) is 100 cm³/mol. The minimum atomic E-state index is -0.370. The van der Waals surface area contributed by atoms with Crippen LogP contribution in [0.4, 0.5) is 5.69 Å². The minimum absolute atomic E-state index is 0.0929. The Bertz CT molecular complexity index is 699. The minimum Gasteiger partial charge on any atom is -0.340 e. The van der Waals surface area contributed by atoms with Gasteiger partial charge in [0.1, 0.15) is 0 Å². The van der Waals surface area contributed by atoms with E-state index in [9.17, 15) is 9.59 Å². The molecule has 3 heterocycles. The van der Waals surface area contributed by atoms with E-state index in [1.54, 1.807) is 6.07 Å². The van der Waals surface area contributed by atoms with Gasteiger partial charge in [0.15, 0.2) is 0 Å². The van der Waals surface area contributed by atoms with E-state index in [-0.39, 0.29) is 23.5 Å². The Labute approximate surface area is 157 Å². The number of carbonyl (C=O) groups is 2. The summed E-state index contributed by atoms with van der Waals surface area (Å²) < 4.78 is 0. The molecule has 3 aliphatic rings. The van der Waals surface area contributed by atoms with Crippen LogP contribution in [-0.2, 0) is 9.59 Å². The van der Waals surface area contributed by atoms with Gasteiger partial charge in [0, 0.05) is 42.0 Å². The summed E-state index contributed by atoms with van der Waals surface area (Å²) in [5.74, 6) is -0.0142. The summed E-state index contributed by atoms with van der Waals surface area (Å²) in [5, 5.41) is 3.11. The molecule has 0 aliphatic carbocycles. The van der Waals surface area contributed by atoms with Crippen molar-refractivity contribution in [3.63, 3.8) is 0 Å². The van der Waals surface area contributed by atoms with Gasteiger partial charge in [-0.25, -0.2) is 0 Å². The molecule has 2 unspecified atom stereocenters. The lowest BCUT2D eigenvalue weighted by molar-refractivity contribution is -0.135. The smallest absolute Gasteiger partial charge is 0.238 e. The molecular formula is C18H22ClN3O2S. The normalized spacial score (nSPS) is 26.6. The van der Waals surface area contributed by atoms with Gasteiger partial charge in [-0.2, -0.15) is 0 Å². The van der Waals surface area contributed by atoms with Crippen molar-refractivity contribution in [3.8, 4) is 0 Å². The Morgan fingerprint density at radius 1 is 1.28 bits per heavy atom. The highest BCUT2D eigenvalue weighted by atomic mass is 35.5. The van der Waals surface area contributed by atoms with E-state index >= 15 is 0 Å². The van der Waals surface area contributed by atoms with Gasteiger partial charge in [-0.15, -0.1) is 11.8 Å². The van der Waals surface area contributed by atoms with Crippen LogP contribution in [0.5, 0.6) is 0 Å². The summed E-state index contributed by atoms with van der Waals surface area (Å²) in [4.78, 5) is 30.5. The van der Waals surface area contributed by atoms with Gasteiger partial charge in [-0.1, -0.05) is 18.0 Å². The van der Waals surface area contributed by atoms with Crippen molar-refractivity contribution in [2.45, 2.75) is 41.9 Å². The molecule has 1 aromatic carbocycles. The third kappa shape index (κ3) is 3.66. The predicted octanol–water partition coefficient (Wildman–Crippen LogP) is 2.84. The molecule has 2 fully saturated rings. The monoisotopic (exact) mass is 379 g/mol. The molecule has 3 aliphatic heterocycles. The van der Waals surface area contributed by atoms with Crippen LogP contribution in [-0.4, -0.2) is 59.1 Å². The van der Waals surface area contributed by atoms with Crippen molar-refractivity contribution in [2.24, 2.45) is 0 Å². The van der Waals surface area contributed by atoms with Crippen LogP contribution in [0.15, 0.2) is 23.1 Å². The average Bonchev–Trinajstić information content (AvgIpc) is 2.62. The number of halogens is 1. The highest BCUT2D eigenvalue weighted by Gasteiger charge is 2.34. The summed E-state index contributed by atoms with van der Waals surface area (Å²) in [7, 11) is 0. The summed E-state index contributed by atoms with van der Waals surface area (Å²) in [6, 6.07) is 5.97. The number of nitrogens with one attached hydrogen (secondary N) is 1. The number of hydrogen-bond acceptors (Lipinski definition) is 4. The molecule has 0 spiro atoms. The Kier molecular flexibility index (Phi) is 4.93. The molecule has 0 radical (unpaired) electrons. The third-order valence-electron chi connectivity index (χ3n) is 5.31. The second-order valence-corrected chi connectivity index (χ2v) is 8.65. The maximum atomic E-state index is 12.7. The molecule has 4 rings (SSSR count). The van der Waals surface area contributed by atoms with Gasteiger partial charge in [-0.05, 0) is 37.6 Å². The van der Waals surface area contributed by atoms with Crippen LogP contribution >= 0.6 is 23.4 Å². The van der Waals surface area contributed by atoms with Crippen LogP contribution in [0.3, 0.4) is 0 Å². The van der Waals surface area contributed by atoms with Crippen LogP contribution in [0.25, 0.3) is 0 Å². The molecule has 0 aromatic heterocycles. The molecule has 5 nitrogen and oxygen atoms in total. The number of piperidine rings is 1. The van der Waals surface area contributed by atoms with Gasteiger partial charge in [0.05, 0.1) is 10.9 Å². The van der Waals surface area contributed by atoms with Gasteiger partial charge < -0.3 is 10.2 Å².